The van der Waals surface area contributed by atoms with Gasteiger partial charge in [0.15, 0.2) is 17.4 Å². The van der Waals surface area contributed by atoms with Gasteiger partial charge < -0.3 is 20.3 Å². The minimum atomic E-state index is -0.712. The van der Waals surface area contributed by atoms with Crippen LogP contribution in [-0.4, -0.2) is 56.5 Å². The fourth-order valence-electron chi connectivity index (χ4n) is 4.42. The zero-order chi connectivity index (χ0) is 24.5. The molecule has 2 aliphatic rings. The Bertz CT molecular complexity index is 1260. The maximum absolute atomic E-state index is 14.0. The molecule has 5 rings (SSSR count). The molecular weight excluding hydrogens is 456 g/mol. The van der Waals surface area contributed by atoms with E-state index in [0.717, 1.165) is 17.5 Å². The van der Waals surface area contributed by atoms with Crippen molar-refractivity contribution < 1.29 is 18.3 Å². The van der Waals surface area contributed by atoms with E-state index in [2.05, 4.69) is 14.9 Å². The Kier molecular flexibility index (Phi) is 6.14. The number of carbonyl (C=O) groups excluding carboxylic acids is 1. The first kappa shape index (κ1) is 22.9. The number of nitrogens with zero attached hydrogens (tertiary/aromatic N) is 6. The molecule has 0 aliphatic carbocycles. The summed E-state index contributed by atoms with van der Waals surface area (Å²) in [5.41, 5.74) is 8.56. The summed E-state index contributed by atoms with van der Waals surface area (Å²) >= 11 is 0. The summed E-state index contributed by atoms with van der Waals surface area (Å²) < 4.78 is 33.0. The van der Waals surface area contributed by atoms with Gasteiger partial charge in [-0.3, -0.25) is 4.79 Å². The van der Waals surface area contributed by atoms with E-state index in [9.17, 15) is 13.6 Å². The highest BCUT2D eigenvalue weighted by molar-refractivity contribution is 5.74. The molecule has 35 heavy (non-hydrogen) atoms. The highest BCUT2D eigenvalue weighted by Crippen LogP contribution is 2.32. The SMILES string of the molecule is CC(=O)N1CCc2nc(N3CCC(Oc4ccc(F)cc4F)CC3)c(-c3ccnc(N)n3)nc2C1. The van der Waals surface area contributed by atoms with Crippen LogP contribution in [0.1, 0.15) is 31.2 Å². The maximum atomic E-state index is 14.0. The predicted molar refractivity (Wildman–Crippen MR) is 124 cm³/mol. The number of nitrogens with two attached hydrogens (primary N) is 1. The molecule has 3 aromatic rings. The second-order valence-corrected chi connectivity index (χ2v) is 8.66. The van der Waals surface area contributed by atoms with Gasteiger partial charge in [0, 0.05) is 58.1 Å². The molecule has 0 spiro atoms. The fourth-order valence-corrected chi connectivity index (χ4v) is 4.42. The Morgan fingerprint density at radius 2 is 1.89 bits per heavy atom. The standard InChI is InChI=1S/C24H25F2N7O2/c1-14(34)33-11-7-18-20(13-33)29-22(19-4-8-28-24(27)31-19)23(30-18)32-9-5-16(6-10-32)35-21-3-2-15(25)12-17(21)26/h2-4,8,12,16H,5-7,9-11,13H2,1H3,(H2,27,28,31). The number of hydrogen-bond donors (Lipinski definition) is 1. The molecule has 0 unspecified atom stereocenters. The highest BCUT2D eigenvalue weighted by Gasteiger charge is 2.29. The summed E-state index contributed by atoms with van der Waals surface area (Å²) in [4.78, 5) is 33.9. The molecule has 1 aromatic carbocycles. The summed E-state index contributed by atoms with van der Waals surface area (Å²) in [6.07, 6.45) is 3.23. The second kappa shape index (κ2) is 9.40. The van der Waals surface area contributed by atoms with Gasteiger partial charge in [0.25, 0.3) is 0 Å². The monoisotopic (exact) mass is 481 g/mol. The molecule has 1 saturated heterocycles. The van der Waals surface area contributed by atoms with Crippen LogP contribution in [0.5, 0.6) is 5.75 Å². The van der Waals surface area contributed by atoms with Crippen molar-refractivity contribution in [1.29, 1.82) is 0 Å². The van der Waals surface area contributed by atoms with Crippen molar-refractivity contribution in [2.75, 3.05) is 30.3 Å². The van der Waals surface area contributed by atoms with Crippen LogP contribution in [0, 0.1) is 11.6 Å². The van der Waals surface area contributed by atoms with Gasteiger partial charge in [-0.15, -0.1) is 0 Å². The third kappa shape index (κ3) is 4.84. The van der Waals surface area contributed by atoms with Gasteiger partial charge in [0.1, 0.15) is 17.6 Å². The average molecular weight is 482 g/mol. The van der Waals surface area contributed by atoms with Crippen molar-refractivity contribution in [1.82, 2.24) is 24.8 Å². The number of benzene rings is 1. The van der Waals surface area contributed by atoms with Crippen molar-refractivity contribution in [2.24, 2.45) is 0 Å². The van der Waals surface area contributed by atoms with Crippen LogP contribution in [0.2, 0.25) is 0 Å². The number of rotatable bonds is 4. The van der Waals surface area contributed by atoms with Gasteiger partial charge >= 0.3 is 0 Å². The lowest BCUT2D eigenvalue weighted by Crippen LogP contribution is -2.40. The number of nitrogen functional groups attached to an aromatic ring is 1. The van der Waals surface area contributed by atoms with Crippen molar-refractivity contribution in [3.8, 4) is 17.1 Å². The normalized spacial score (nSPS) is 16.2. The number of aromatic nitrogens is 4. The third-order valence-electron chi connectivity index (χ3n) is 6.28. The fraction of sp³-hybridized carbons (Fsp3) is 0.375. The maximum Gasteiger partial charge on any atom is 0.220 e. The largest absolute Gasteiger partial charge is 0.487 e. The van der Waals surface area contributed by atoms with Gasteiger partial charge in [-0.25, -0.2) is 28.7 Å². The van der Waals surface area contributed by atoms with Crippen LogP contribution in [0.15, 0.2) is 30.5 Å². The number of amides is 1. The lowest BCUT2D eigenvalue weighted by atomic mass is 10.1. The zero-order valence-electron chi connectivity index (χ0n) is 19.2. The van der Waals surface area contributed by atoms with E-state index in [-0.39, 0.29) is 23.7 Å². The first-order valence-corrected chi connectivity index (χ1v) is 11.5. The number of carbonyl (C=O) groups is 1. The minimum absolute atomic E-state index is 0.00554. The molecule has 11 heteroatoms. The molecule has 0 atom stereocenters. The number of piperidine rings is 1. The van der Waals surface area contributed by atoms with Gasteiger partial charge in [-0.2, -0.15) is 0 Å². The van der Waals surface area contributed by atoms with Gasteiger partial charge in [-0.05, 0) is 18.2 Å². The van der Waals surface area contributed by atoms with Crippen LogP contribution in [0.3, 0.4) is 0 Å². The zero-order valence-corrected chi connectivity index (χ0v) is 19.2. The van der Waals surface area contributed by atoms with E-state index < -0.39 is 11.6 Å². The quantitative estimate of drug-likeness (QED) is 0.606. The lowest BCUT2D eigenvalue weighted by Gasteiger charge is -2.35. The van der Waals surface area contributed by atoms with Crippen molar-refractivity contribution in [3.05, 3.63) is 53.5 Å². The summed E-state index contributed by atoms with van der Waals surface area (Å²) in [7, 11) is 0. The predicted octanol–water partition coefficient (Wildman–Crippen LogP) is 2.75. The summed E-state index contributed by atoms with van der Waals surface area (Å²) in [5.74, 6) is -0.493. The van der Waals surface area contributed by atoms with E-state index in [1.165, 1.54) is 12.1 Å². The number of hydrogen-bond acceptors (Lipinski definition) is 8. The van der Waals surface area contributed by atoms with E-state index in [4.69, 9.17) is 20.4 Å². The molecule has 9 nitrogen and oxygen atoms in total. The van der Waals surface area contributed by atoms with Crippen LogP contribution < -0.4 is 15.4 Å². The summed E-state index contributed by atoms with van der Waals surface area (Å²) in [6.45, 7) is 3.74. The lowest BCUT2D eigenvalue weighted by molar-refractivity contribution is -0.129. The minimum Gasteiger partial charge on any atom is -0.487 e. The highest BCUT2D eigenvalue weighted by atomic mass is 19.1. The van der Waals surface area contributed by atoms with Gasteiger partial charge in [-0.1, -0.05) is 0 Å². The molecule has 0 bridgehead atoms. The van der Waals surface area contributed by atoms with Crippen LogP contribution >= 0.6 is 0 Å². The number of fused-ring (bicyclic) bond motifs is 1. The first-order valence-electron chi connectivity index (χ1n) is 11.5. The van der Waals surface area contributed by atoms with Crippen LogP contribution in [-0.2, 0) is 17.8 Å². The molecule has 0 radical (unpaired) electrons. The smallest absolute Gasteiger partial charge is 0.220 e. The van der Waals surface area contributed by atoms with E-state index >= 15 is 0 Å². The second-order valence-electron chi connectivity index (χ2n) is 8.66. The molecule has 4 heterocycles. The first-order chi connectivity index (χ1) is 16.9. The number of anilines is 2. The molecule has 1 amide bonds. The van der Waals surface area contributed by atoms with Gasteiger partial charge in [0.2, 0.25) is 11.9 Å². The molecule has 182 valence electrons. The van der Waals surface area contributed by atoms with E-state index in [1.807, 2.05) is 0 Å². The molecular formula is C24H25F2N7O2. The molecule has 0 saturated carbocycles. The molecule has 2 N–H and O–H groups in total. The Balaban J connectivity index is 1.40. The van der Waals surface area contributed by atoms with Crippen molar-refractivity contribution in [2.45, 2.75) is 38.8 Å². The molecule has 1 fully saturated rings. The van der Waals surface area contributed by atoms with Crippen LogP contribution in [0.25, 0.3) is 11.4 Å². The van der Waals surface area contributed by atoms with Crippen LogP contribution in [0.4, 0.5) is 20.5 Å². The van der Waals surface area contributed by atoms with Crippen molar-refractivity contribution >= 4 is 17.7 Å². The Morgan fingerprint density at radius 1 is 1.09 bits per heavy atom. The number of ether oxygens (including phenoxy) is 1. The van der Waals surface area contributed by atoms with Crippen molar-refractivity contribution in [3.63, 3.8) is 0 Å². The summed E-state index contributed by atoms with van der Waals surface area (Å²) in [5, 5.41) is 0. The number of halogens is 2. The van der Waals surface area contributed by atoms with E-state index in [0.29, 0.717) is 62.6 Å². The third-order valence-corrected chi connectivity index (χ3v) is 6.28. The molecule has 2 aliphatic heterocycles. The van der Waals surface area contributed by atoms with Gasteiger partial charge in [0.05, 0.1) is 23.6 Å². The Hall–Kier alpha value is -3.89. The summed E-state index contributed by atoms with van der Waals surface area (Å²) in [6, 6.07) is 5.05. The Morgan fingerprint density at radius 3 is 2.60 bits per heavy atom. The average Bonchev–Trinajstić information content (AvgIpc) is 2.85. The Labute approximate surface area is 201 Å². The topological polar surface area (TPSA) is 110 Å². The molecule has 2 aromatic heterocycles. The van der Waals surface area contributed by atoms with E-state index in [1.54, 1.807) is 24.1 Å².